The van der Waals surface area contributed by atoms with E-state index in [4.69, 9.17) is 20.3 Å². The molecule has 0 fully saturated rings. The third-order valence-corrected chi connectivity index (χ3v) is 2.05. The number of hydrogen-bond donors (Lipinski definition) is 2. The number of rotatable bonds is 2. The minimum atomic E-state index is -1.01. The molecule has 1 heterocycles. The Morgan fingerprint density at radius 3 is 2.64 bits per heavy atom. The van der Waals surface area contributed by atoms with Crippen LogP contribution in [-0.4, -0.2) is 17.9 Å². The van der Waals surface area contributed by atoms with Gasteiger partial charge in [0.2, 0.25) is 6.79 Å². The van der Waals surface area contributed by atoms with E-state index in [-0.39, 0.29) is 18.9 Å². The normalized spacial score (nSPS) is 12.9. The Bertz CT molecular complexity index is 389. The fraction of sp³-hybridized carbons (Fsp3) is 0.222. The van der Waals surface area contributed by atoms with Crippen molar-refractivity contribution in [1.82, 2.24) is 0 Å². The molecule has 1 aromatic rings. The summed E-state index contributed by atoms with van der Waals surface area (Å²) in [5, 5.41) is 8.88. The van der Waals surface area contributed by atoms with E-state index in [9.17, 15) is 4.79 Å². The molecule has 1 aliphatic rings. The highest BCUT2D eigenvalue weighted by molar-refractivity contribution is 5.90. The standard InChI is InChI=1S/C9H9NO4/c10-3-5-1-7-8(14-4-13-7)2-6(5)9(11)12/h1-2H,3-4,10H2,(H,11,12). The molecule has 5 heteroatoms. The van der Waals surface area contributed by atoms with Crippen LogP contribution in [0, 0.1) is 0 Å². The highest BCUT2D eigenvalue weighted by Gasteiger charge is 2.19. The Morgan fingerprint density at radius 1 is 1.43 bits per heavy atom. The van der Waals surface area contributed by atoms with E-state index < -0.39 is 5.97 Å². The number of aromatic carboxylic acids is 1. The van der Waals surface area contributed by atoms with Crippen LogP contribution in [0.15, 0.2) is 12.1 Å². The molecular formula is C9H9NO4. The second kappa shape index (κ2) is 3.19. The van der Waals surface area contributed by atoms with Crippen LogP contribution in [0.5, 0.6) is 11.5 Å². The summed E-state index contributed by atoms with van der Waals surface area (Å²) < 4.78 is 10.2. The molecule has 0 bridgehead atoms. The van der Waals surface area contributed by atoms with E-state index in [0.717, 1.165) is 0 Å². The van der Waals surface area contributed by atoms with E-state index in [0.29, 0.717) is 17.1 Å². The van der Waals surface area contributed by atoms with Crippen LogP contribution in [0.3, 0.4) is 0 Å². The van der Waals surface area contributed by atoms with Crippen LogP contribution in [0.4, 0.5) is 0 Å². The van der Waals surface area contributed by atoms with Crippen LogP contribution in [0.25, 0.3) is 0 Å². The number of carbonyl (C=O) groups is 1. The number of hydrogen-bond acceptors (Lipinski definition) is 4. The first-order valence-corrected chi connectivity index (χ1v) is 4.08. The average molecular weight is 195 g/mol. The van der Waals surface area contributed by atoms with Crippen molar-refractivity contribution in [3.8, 4) is 11.5 Å². The lowest BCUT2D eigenvalue weighted by Gasteiger charge is -2.04. The van der Waals surface area contributed by atoms with Crippen molar-refractivity contribution in [2.24, 2.45) is 5.73 Å². The number of fused-ring (bicyclic) bond motifs is 1. The van der Waals surface area contributed by atoms with E-state index in [1.165, 1.54) is 6.07 Å². The Labute approximate surface area is 80.0 Å². The number of carboxylic acid groups (broad SMARTS) is 1. The Hall–Kier alpha value is -1.75. The molecule has 74 valence electrons. The summed E-state index contributed by atoms with van der Waals surface area (Å²) in [7, 11) is 0. The van der Waals surface area contributed by atoms with Crippen molar-refractivity contribution in [2.75, 3.05) is 6.79 Å². The lowest BCUT2D eigenvalue weighted by molar-refractivity contribution is 0.0695. The zero-order chi connectivity index (χ0) is 10.1. The van der Waals surface area contributed by atoms with E-state index in [2.05, 4.69) is 0 Å². The van der Waals surface area contributed by atoms with Gasteiger partial charge in [0, 0.05) is 6.54 Å². The molecule has 0 aromatic heterocycles. The fourth-order valence-electron chi connectivity index (χ4n) is 1.35. The summed E-state index contributed by atoms with van der Waals surface area (Å²) in [6, 6.07) is 3.04. The van der Waals surface area contributed by atoms with Gasteiger partial charge in [-0.1, -0.05) is 0 Å². The molecule has 0 aliphatic carbocycles. The van der Waals surface area contributed by atoms with Gasteiger partial charge < -0.3 is 20.3 Å². The monoisotopic (exact) mass is 195 g/mol. The molecule has 3 N–H and O–H groups in total. The van der Waals surface area contributed by atoms with E-state index >= 15 is 0 Å². The average Bonchev–Trinajstić information content (AvgIpc) is 2.62. The highest BCUT2D eigenvalue weighted by Crippen LogP contribution is 2.34. The van der Waals surface area contributed by atoms with Gasteiger partial charge >= 0.3 is 5.97 Å². The van der Waals surface area contributed by atoms with E-state index in [1.807, 2.05) is 0 Å². The summed E-state index contributed by atoms with van der Waals surface area (Å²) >= 11 is 0. The second-order valence-corrected chi connectivity index (χ2v) is 2.87. The lowest BCUT2D eigenvalue weighted by atomic mass is 10.1. The molecule has 0 saturated carbocycles. The Balaban J connectivity index is 2.54. The van der Waals surface area contributed by atoms with Gasteiger partial charge in [-0.15, -0.1) is 0 Å². The van der Waals surface area contributed by atoms with Crippen LogP contribution < -0.4 is 15.2 Å². The summed E-state index contributed by atoms with van der Waals surface area (Å²) in [4.78, 5) is 10.8. The van der Waals surface area contributed by atoms with Gasteiger partial charge in [0.25, 0.3) is 0 Å². The summed E-state index contributed by atoms with van der Waals surface area (Å²) in [5.41, 5.74) is 6.13. The van der Waals surface area contributed by atoms with Crippen molar-refractivity contribution in [2.45, 2.75) is 6.54 Å². The van der Waals surface area contributed by atoms with Crippen molar-refractivity contribution in [3.63, 3.8) is 0 Å². The van der Waals surface area contributed by atoms with Crippen LogP contribution in [0.2, 0.25) is 0 Å². The lowest BCUT2D eigenvalue weighted by Crippen LogP contribution is -2.06. The molecule has 0 unspecified atom stereocenters. The molecule has 1 aromatic carbocycles. The van der Waals surface area contributed by atoms with Crippen LogP contribution >= 0.6 is 0 Å². The molecule has 0 spiro atoms. The van der Waals surface area contributed by atoms with Crippen molar-refractivity contribution in [1.29, 1.82) is 0 Å². The quantitative estimate of drug-likeness (QED) is 0.721. The molecule has 0 saturated heterocycles. The maximum atomic E-state index is 10.8. The molecule has 5 nitrogen and oxygen atoms in total. The molecule has 0 atom stereocenters. The molecule has 14 heavy (non-hydrogen) atoms. The summed E-state index contributed by atoms with van der Waals surface area (Å²) in [6.45, 7) is 0.292. The van der Waals surface area contributed by atoms with Gasteiger partial charge in [-0.05, 0) is 17.7 Å². The molecular weight excluding hydrogens is 186 g/mol. The highest BCUT2D eigenvalue weighted by atomic mass is 16.7. The summed E-state index contributed by atoms with van der Waals surface area (Å²) in [6.07, 6.45) is 0. The van der Waals surface area contributed by atoms with Crippen LogP contribution in [0.1, 0.15) is 15.9 Å². The Morgan fingerprint density at radius 2 is 2.07 bits per heavy atom. The van der Waals surface area contributed by atoms with Gasteiger partial charge in [0.05, 0.1) is 5.56 Å². The summed E-state index contributed by atoms with van der Waals surface area (Å²) in [5.74, 6) is -0.00111. The number of carboxylic acids is 1. The first kappa shape index (κ1) is 8.83. The number of benzene rings is 1. The zero-order valence-corrected chi connectivity index (χ0v) is 7.32. The fourth-order valence-corrected chi connectivity index (χ4v) is 1.35. The van der Waals surface area contributed by atoms with Gasteiger partial charge in [-0.2, -0.15) is 0 Å². The molecule has 1 aliphatic heterocycles. The first-order valence-electron chi connectivity index (χ1n) is 4.08. The SMILES string of the molecule is NCc1cc2c(cc1C(=O)O)OCO2. The second-order valence-electron chi connectivity index (χ2n) is 2.87. The van der Waals surface area contributed by atoms with E-state index in [1.54, 1.807) is 6.07 Å². The van der Waals surface area contributed by atoms with Gasteiger partial charge in [0.15, 0.2) is 11.5 Å². The molecule has 0 amide bonds. The van der Waals surface area contributed by atoms with Gasteiger partial charge in [-0.3, -0.25) is 0 Å². The zero-order valence-electron chi connectivity index (χ0n) is 7.32. The molecule has 2 rings (SSSR count). The smallest absolute Gasteiger partial charge is 0.336 e. The number of nitrogens with two attached hydrogens (primary N) is 1. The predicted octanol–water partition coefficient (Wildman–Crippen LogP) is 0.572. The van der Waals surface area contributed by atoms with Crippen LogP contribution in [-0.2, 0) is 6.54 Å². The van der Waals surface area contributed by atoms with Crippen molar-refractivity contribution in [3.05, 3.63) is 23.3 Å². The van der Waals surface area contributed by atoms with Crippen molar-refractivity contribution < 1.29 is 19.4 Å². The topological polar surface area (TPSA) is 81.8 Å². The minimum Gasteiger partial charge on any atom is -0.478 e. The maximum absolute atomic E-state index is 10.8. The maximum Gasteiger partial charge on any atom is 0.336 e. The van der Waals surface area contributed by atoms with Gasteiger partial charge in [-0.25, -0.2) is 4.79 Å². The number of ether oxygens (including phenoxy) is 2. The van der Waals surface area contributed by atoms with Gasteiger partial charge in [0.1, 0.15) is 0 Å². The first-order chi connectivity index (χ1) is 6.72. The molecule has 0 radical (unpaired) electrons. The van der Waals surface area contributed by atoms with Crippen molar-refractivity contribution >= 4 is 5.97 Å². The largest absolute Gasteiger partial charge is 0.478 e. The third kappa shape index (κ3) is 1.27. The third-order valence-electron chi connectivity index (χ3n) is 2.05. The minimum absolute atomic E-state index is 0.127. The predicted molar refractivity (Wildman–Crippen MR) is 47.4 cm³/mol. The Kier molecular flexibility index (Phi) is 2.01.